The van der Waals surface area contributed by atoms with E-state index in [0.717, 1.165) is 37.0 Å². The van der Waals surface area contributed by atoms with Crippen molar-refractivity contribution in [1.82, 2.24) is 0 Å². The third-order valence-electron chi connectivity index (χ3n) is 2.09. The van der Waals surface area contributed by atoms with E-state index in [-0.39, 0.29) is 0 Å². The fourth-order valence-corrected chi connectivity index (χ4v) is 11.9. The summed E-state index contributed by atoms with van der Waals surface area (Å²) in [5.41, 5.74) is 0. The molecule has 0 atom stereocenters. The number of hydrogen-bond acceptors (Lipinski definition) is 0. The highest BCUT2D eigenvalue weighted by Crippen LogP contribution is 2.36. The Bertz CT molecular complexity index is 143. The summed E-state index contributed by atoms with van der Waals surface area (Å²) < 4.78 is 0. The van der Waals surface area contributed by atoms with E-state index < -0.39 is 13.4 Å². The van der Waals surface area contributed by atoms with E-state index in [1.807, 2.05) is 0 Å². The summed E-state index contributed by atoms with van der Waals surface area (Å²) in [6, 6.07) is 3.59. The van der Waals surface area contributed by atoms with Crippen LogP contribution in [-0.4, -0.2) is 13.4 Å². The third kappa shape index (κ3) is 7.83. The van der Waals surface area contributed by atoms with E-state index in [2.05, 4.69) is 13.8 Å². The van der Waals surface area contributed by atoms with E-state index in [4.69, 9.17) is 44.3 Å². The molecule has 6 heteroatoms. The Balaban J connectivity index is 3.90. The van der Waals surface area contributed by atoms with Crippen molar-refractivity contribution in [1.29, 1.82) is 0 Å². The molecule has 0 bridgehead atoms. The highest BCUT2D eigenvalue weighted by molar-refractivity contribution is 7.48. The Morgan fingerprint density at radius 1 is 0.643 bits per heavy atom. The zero-order valence-corrected chi connectivity index (χ0v) is 13.8. The minimum Gasteiger partial charge on any atom is -0.146 e. The van der Waals surface area contributed by atoms with Gasteiger partial charge in [0.1, 0.15) is 0 Å². The predicted molar refractivity (Wildman–Crippen MR) is 74.7 cm³/mol. The first-order valence-corrected chi connectivity index (χ1v) is 14.0. The van der Waals surface area contributed by atoms with Crippen LogP contribution in [0.1, 0.15) is 26.7 Å². The highest BCUT2D eigenvalue weighted by Gasteiger charge is 2.34. The first-order valence-electron chi connectivity index (χ1n) is 5.08. The molecule has 0 amide bonds. The van der Waals surface area contributed by atoms with Gasteiger partial charge in [0.15, 0.2) is 0 Å². The van der Waals surface area contributed by atoms with Gasteiger partial charge in [0, 0.05) is 0 Å². The average Bonchev–Trinajstić information content (AvgIpc) is 2.01. The molecular weight excluding hydrogens is 294 g/mol. The molecule has 0 aromatic heterocycles. The van der Waals surface area contributed by atoms with E-state index in [1.165, 1.54) is 0 Å². The first kappa shape index (κ1) is 15.6. The van der Waals surface area contributed by atoms with E-state index >= 15 is 0 Å². The lowest BCUT2D eigenvalue weighted by Crippen LogP contribution is -2.25. The Labute approximate surface area is 108 Å². The molecule has 0 aliphatic heterocycles. The second-order valence-electron chi connectivity index (χ2n) is 3.71. The molecule has 0 saturated carbocycles. The van der Waals surface area contributed by atoms with Crippen LogP contribution < -0.4 is 0 Å². The van der Waals surface area contributed by atoms with Gasteiger partial charge in [-0.05, 0) is 24.2 Å². The van der Waals surface area contributed by atoms with Crippen LogP contribution in [0.2, 0.25) is 24.2 Å². The standard InChI is InChI=1S/C8H18Cl4Si2/c1-3-5-13(9,10)7-8-14(11,12)6-4-2/h3-8H2,1-2H3. The number of hydrogen-bond donors (Lipinski definition) is 0. The minimum absolute atomic E-state index is 0.850. The zero-order valence-electron chi connectivity index (χ0n) is 8.75. The predicted octanol–water partition coefficient (Wildman–Crippen LogP) is 5.65. The molecule has 0 aromatic rings. The molecule has 0 unspecified atom stereocenters. The van der Waals surface area contributed by atoms with Gasteiger partial charge < -0.3 is 0 Å². The normalized spacial score (nSPS) is 13.3. The molecule has 0 saturated heterocycles. The molecule has 0 rings (SSSR count). The van der Waals surface area contributed by atoms with Gasteiger partial charge in [0.05, 0.1) is 0 Å². The van der Waals surface area contributed by atoms with Crippen LogP contribution in [0.25, 0.3) is 0 Å². The summed E-state index contributed by atoms with van der Waals surface area (Å²) in [5.74, 6) is 0. The monoisotopic (exact) mass is 310 g/mol. The maximum Gasteiger partial charge on any atom is 0.251 e. The molecule has 0 aromatic carbocycles. The van der Waals surface area contributed by atoms with Gasteiger partial charge >= 0.3 is 0 Å². The Hall–Kier alpha value is 1.59. The third-order valence-corrected chi connectivity index (χ3v) is 11.5. The number of rotatable bonds is 7. The van der Waals surface area contributed by atoms with Crippen molar-refractivity contribution in [3.8, 4) is 0 Å². The minimum atomic E-state index is -2.03. The van der Waals surface area contributed by atoms with Crippen LogP contribution in [0.15, 0.2) is 0 Å². The lowest BCUT2D eigenvalue weighted by atomic mass is 10.6. The lowest BCUT2D eigenvalue weighted by Gasteiger charge is -2.20. The summed E-state index contributed by atoms with van der Waals surface area (Å²) in [4.78, 5) is 0. The molecule has 0 fully saturated rings. The van der Waals surface area contributed by atoms with Crippen LogP contribution in [0.3, 0.4) is 0 Å². The Morgan fingerprint density at radius 3 is 1.14 bits per heavy atom. The van der Waals surface area contributed by atoms with Gasteiger partial charge in [-0.25, -0.2) is 0 Å². The molecule has 0 radical (unpaired) electrons. The molecule has 0 aliphatic carbocycles. The van der Waals surface area contributed by atoms with Crippen molar-refractivity contribution in [3.63, 3.8) is 0 Å². The zero-order chi connectivity index (χ0) is 11.2. The topological polar surface area (TPSA) is 0 Å². The lowest BCUT2D eigenvalue weighted by molar-refractivity contribution is 1.04. The smallest absolute Gasteiger partial charge is 0.146 e. The maximum absolute atomic E-state index is 6.25. The van der Waals surface area contributed by atoms with Gasteiger partial charge in [-0.2, -0.15) is 0 Å². The van der Waals surface area contributed by atoms with Crippen molar-refractivity contribution in [2.24, 2.45) is 0 Å². The Kier molecular flexibility index (Phi) is 7.82. The van der Waals surface area contributed by atoms with Gasteiger partial charge in [-0.15, -0.1) is 44.3 Å². The van der Waals surface area contributed by atoms with Gasteiger partial charge in [0.25, 0.3) is 13.4 Å². The summed E-state index contributed by atoms with van der Waals surface area (Å²) in [6.45, 7) is 0.140. The van der Waals surface area contributed by atoms with Gasteiger partial charge in [-0.1, -0.05) is 26.7 Å². The summed E-state index contributed by atoms with van der Waals surface area (Å²) in [7, 11) is 0. The SMILES string of the molecule is CCC[Si](Cl)(Cl)CC[Si](Cl)(Cl)CCC. The van der Waals surface area contributed by atoms with Crippen molar-refractivity contribution < 1.29 is 0 Å². The highest BCUT2D eigenvalue weighted by atomic mass is 35.7. The van der Waals surface area contributed by atoms with E-state index in [0.29, 0.717) is 0 Å². The molecule has 0 spiro atoms. The molecule has 0 aliphatic rings. The molecule has 0 heterocycles. The van der Waals surface area contributed by atoms with Crippen molar-refractivity contribution in [3.05, 3.63) is 0 Å². The van der Waals surface area contributed by atoms with Crippen molar-refractivity contribution in [2.45, 2.75) is 50.9 Å². The van der Waals surface area contributed by atoms with Crippen molar-refractivity contribution in [2.75, 3.05) is 0 Å². The van der Waals surface area contributed by atoms with E-state index in [9.17, 15) is 0 Å². The van der Waals surface area contributed by atoms with Crippen LogP contribution in [0.4, 0.5) is 0 Å². The van der Waals surface area contributed by atoms with Crippen LogP contribution in [0, 0.1) is 0 Å². The van der Waals surface area contributed by atoms with Crippen LogP contribution in [0.5, 0.6) is 0 Å². The molecule has 14 heavy (non-hydrogen) atoms. The second-order valence-corrected chi connectivity index (χ2v) is 19.0. The van der Waals surface area contributed by atoms with Gasteiger partial charge in [-0.3, -0.25) is 0 Å². The summed E-state index contributed by atoms with van der Waals surface area (Å²) in [5, 5.41) is 0. The number of halogens is 4. The van der Waals surface area contributed by atoms with Crippen LogP contribution in [-0.2, 0) is 0 Å². The fraction of sp³-hybridized carbons (Fsp3) is 1.00. The van der Waals surface area contributed by atoms with Gasteiger partial charge in [0.2, 0.25) is 0 Å². The molecule has 0 N–H and O–H groups in total. The largest absolute Gasteiger partial charge is 0.251 e. The van der Waals surface area contributed by atoms with Crippen molar-refractivity contribution >= 4 is 57.7 Å². The first-order chi connectivity index (χ1) is 6.33. The fourth-order valence-electron chi connectivity index (χ4n) is 1.35. The summed E-state index contributed by atoms with van der Waals surface area (Å²) in [6.07, 6.45) is 2.10. The second kappa shape index (κ2) is 7.02. The van der Waals surface area contributed by atoms with Crippen LogP contribution >= 0.6 is 44.3 Å². The molecular formula is C8H18Cl4Si2. The van der Waals surface area contributed by atoms with E-state index in [1.54, 1.807) is 0 Å². The maximum atomic E-state index is 6.25. The quantitative estimate of drug-likeness (QED) is 0.421. The molecule has 0 nitrogen and oxygen atoms in total. The molecule has 86 valence electrons. The average molecular weight is 312 g/mol. The Morgan fingerprint density at radius 2 is 0.929 bits per heavy atom. The summed E-state index contributed by atoms with van der Waals surface area (Å²) >= 11 is 25.0.